The number of fused-ring (bicyclic) bond motifs is 2. The van der Waals surface area contributed by atoms with Crippen LogP contribution < -0.4 is 11.2 Å². The molecule has 1 aliphatic rings. The van der Waals surface area contributed by atoms with Gasteiger partial charge in [0, 0.05) is 49.6 Å². The molecule has 182 valence electrons. The van der Waals surface area contributed by atoms with Gasteiger partial charge in [0.1, 0.15) is 4.83 Å². The van der Waals surface area contributed by atoms with Crippen molar-refractivity contribution in [2.24, 2.45) is 13.0 Å². The number of benzene rings is 1. The molecule has 1 saturated heterocycles. The first-order valence-corrected chi connectivity index (χ1v) is 12.6. The summed E-state index contributed by atoms with van der Waals surface area (Å²) in [6.07, 6.45) is 2.11. The predicted molar refractivity (Wildman–Crippen MR) is 137 cm³/mol. The van der Waals surface area contributed by atoms with Crippen molar-refractivity contribution < 1.29 is 9.90 Å². The molecule has 0 radical (unpaired) electrons. The Morgan fingerprint density at radius 2 is 2.00 bits per heavy atom. The normalized spacial score (nSPS) is 16.1. The lowest BCUT2D eigenvalue weighted by Crippen LogP contribution is -2.39. The number of nitrogens with zero attached hydrogens (tertiary/aromatic N) is 4. The molecule has 1 amide bonds. The third kappa shape index (κ3) is 4.08. The highest BCUT2D eigenvalue weighted by atomic mass is 32.1. The van der Waals surface area contributed by atoms with E-state index in [0.717, 1.165) is 25.9 Å². The highest BCUT2D eigenvalue weighted by Crippen LogP contribution is 2.34. The van der Waals surface area contributed by atoms with Crippen LogP contribution in [0.2, 0.25) is 0 Å². The molecule has 3 aromatic heterocycles. The Balaban J connectivity index is 1.77. The maximum atomic E-state index is 13.8. The molecule has 1 aromatic carbocycles. The highest BCUT2D eigenvalue weighted by molar-refractivity contribution is 7.19. The number of carbonyl (C=O) groups excluding carboxylic acids is 1. The van der Waals surface area contributed by atoms with Gasteiger partial charge in [-0.05, 0) is 30.0 Å². The minimum atomic E-state index is -0.571. The van der Waals surface area contributed by atoms with Crippen LogP contribution >= 0.6 is 11.3 Å². The molecule has 1 fully saturated rings. The Hall–Kier alpha value is -3.30. The summed E-state index contributed by atoms with van der Waals surface area (Å²) < 4.78 is 2.72. The molecule has 0 spiro atoms. The number of aliphatic hydroxyl groups excluding tert-OH is 1. The summed E-state index contributed by atoms with van der Waals surface area (Å²) in [5.41, 5.74) is 1.35. The first-order chi connectivity index (χ1) is 16.8. The van der Waals surface area contributed by atoms with E-state index >= 15 is 0 Å². The van der Waals surface area contributed by atoms with Gasteiger partial charge in [0.25, 0.3) is 11.5 Å². The van der Waals surface area contributed by atoms with Gasteiger partial charge >= 0.3 is 5.69 Å². The Labute approximate surface area is 206 Å². The summed E-state index contributed by atoms with van der Waals surface area (Å²) in [6.45, 7) is 5.13. The third-order valence-corrected chi connectivity index (χ3v) is 7.76. The van der Waals surface area contributed by atoms with Crippen LogP contribution in [0, 0.1) is 5.92 Å². The molecule has 0 unspecified atom stereocenters. The largest absolute Gasteiger partial charge is 0.391 e. The van der Waals surface area contributed by atoms with E-state index in [4.69, 9.17) is 0 Å². The molecule has 1 atom stereocenters. The molecular formula is C26H28N4O4S. The number of para-hydroxylation sites is 1. The van der Waals surface area contributed by atoms with Gasteiger partial charge in [0.15, 0.2) is 0 Å². The van der Waals surface area contributed by atoms with Gasteiger partial charge in [-0.25, -0.2) is 4.79 Å². The maximum absolute atomic E-state index is 13.8. The summed E-state index contributed by atoms with van der Waals surface area (Å²) in [7, 11) is 1.46. The van der Waals surface area contributed by atoms with Crippen molar-refractivity contribution in [3.8, 4) is 0 Å². The molecule has 0 aliphatic carbocycles. The van der Waals surface area contributed by atoms with Crippen molar-refractivity contribution in [2.75, 3.05) is 13.1 Å². The smallest absolute Gasteiger partial charge is 0.331 e. The zero-order valence-electron chi connectivity index (χ0n) is 20.0. The number of β-amino-alcohol motifs (C(OH)–C–C–N with tert-alkyl or cyclic N) is 1. The Bertz CT molecular complexity index is 1560. The van der Waals surface area contributed by atoms with Gasteiger partial charge in [0.2, 0.25) is 0 Å². The topological polar surface area (TPSA) is 97.4 Å². The number of carbonyl (C=O) groups is 1. The highest BCUT2D eigenvalue weighted by Gasteiger charge is 2.32. The van der Waals surface area contributed by atoms with E-state index in [-0.39, 0.29) is 29.4 Å². The lowest BCUT2D eigenvalue weighted by atomic mass is 10.0. The van der Waals surface area contributed by atoms with Gasteiger partial charge in [0.05, 0.1) is 22.6 Å². The fraction of sp³-hybridized carbons (Fsp3) is 0.385. The SMILES string of the molecule is CC(C)Cn1c(=O)n(C)c(=O)c2c(C(=O)N3CC[C@H](O)C3)c(Cc3ccnc4ccccc34)sc21. The monoisotopic (exact) mass is 492 g/mol. The van der Waals surface area contributed by atoms with Crippen molar-refractivity contribution in [3.05, 3.63) is 73.4 Å². The predicted octanol–water partition coefficient (Wildman–Crippen LogP) is 2.76. The average molecular weight is 493 g/mol. The average Bonchev–Trinajstić information content (AvgIpc) is 3.44. The van der Waals surface area contributed by atoms with Crippen LogP contribution in [-0.2, 0) is 20.0 Å². The van der Waals surface area contributed by atoms with Gasteiger partial charge in [-0.1, -0.05) is 32.0 Å². The molecular weight excluding hydrogens is 464 g/mol. The first kappa shape index (κ1) is 23.4. The summed E-state index contributed by atoms with van der Waals surface area (Å²) >= 11 is 1.34. The van der Waals surface area contributed by atoms with Gasteiger partial charge in [-0.15, -0.1) is 11.3 Å². The lowest BCUT2D eigenvalue weighted by Gasteiger charge is -2.17. The number of hydrogen-bond acceptors (Lipinski definition) is 6. The molecule has 5 rings (SSSR count). The van der Waals surface area contributed by atoms with Crippen LogP contribution in [0.1, 0.15) is 41.1 Å². The van der Waals surface area contributed by atoms with E-state index in [1.54, 1.807) is 15.7 Å². The number of pyridine rings is 1. The summed E-state index contributed by atoms with van der Waals surface area (Å²) in [4.78, 5) is 47.6. The Kier molecular flexibility index (Phi) is 6.06. The minimum absolute atomic E-state index is 0.177. The number of amides is 1. The third-order valence-electron chi connectivity index (χ3n) is 6.55. The Morgan fingerprint density at radius 3 is 2.71 bits per heavy atom. The van der Waals surface area contributed by atoms with Gasteiger partial charge < -0.3 is 10.0 Å². The molecule has 0 bridgehead atoms. The van der Waals surface area contributed by atoms with Crippen LogP contribution in [0.4, 0.5) is 0 Å². The second-order valence-corrected chi connectivity index (χ2v) is 10.7. The van der Waals surface area contributed by atoms with Gasteiger partial charge in [-0.2, -0.15) is 0 Å². The molecule has 4 aromatic rings. The fourth-order valence-electron chi connectivity index (χ4n) is 4.82. The van der Waals surface area contributed by atoms with Crippen molar-refractivity contribution in [3.63, 3.8) is 0 Å². The molecule has 0 saturated carbocycles. The Morgan fingerprint density at radius 1 is 1.23 bits per heavy atom. The van der Waals surface area contributed by atoms with Gasteiger partial charge in [-0.3, -0.25) is 23.7 Å². The number of aliphatic hydroxyl groups is 1. The van der Waals surface area contributed by atoms with Crippen LogP contribution in [0.25, 0.3) is 21.1 Å². The molecule has 1 aliphatic heterocycles. The summed E-state index contributed by atoms with van der Waals surface area (Å²) in [5, 5.41) is 11.3. The van der Waals surface area contributed by atoms with E-state index in [9.17, 15) is 19.5 Å². The second kappa shape index (κ2) is 9.05. The van der Waals surface area contributed by atoms with Crippen molar-refractivity contribution >= 4 is 38.4 Å². The zero-order valence-corrected chi connectivity index (χ0v) is 20.8. The number of rotatable bonds is 5. The number of hydrogen-bond donors (Lipinski definition) is 1. The standard InChI is InChI=1S/C26H28N4O4S/c1-15(2)13-30-25-22(23(32)28(3)26(30)34)21(24(33)29-11-9-17(31)14-29)20(35-25)12-16-8-10-27-19-7-5-4-6-18(16)19/h4-8,10,15,17,31H,9,11-14H2,1-3H3/t17-/m0/s1. The number of likely N-dealkylation sites (tertiary alicyclic amines) is 1. The van der Waals surface area contributed by atoms with Crippen LogP contribution in [0.3, 0.4) is 0 Å². The molecule has 9 heteroatoms. The van der Waals surface area contributed by atoms with Crippen molar-refractivity contribution in [1.29, 1.82) is 0 Å². The van der Waals surface area contributed by atoms with Crippen LogP contribution in [0.15, 0.2) is 46.1 Å². The summed E-state index contributed by atoms with van der Waals surface area (Å²) in [5.74, 6) is -0.0935. The second-order valence-electron chi connectivity index (χ2n) is 9.59. The first-order valence-electron chi connectivity index (χ1n) is 11.8. The van der Waals surface area contributed by atoms with E-state index in [1.165, 1.54) is 18.4 Å². The van der Waals surface area contributed by atoms with E-state index in [1.807, 2.05) is 44.2 Å². The fourth-order valence-corrected chi connectivity index (χ4v) is 6.13. The van der Waals surface area contributed by atoms with Crippen LogP contribution in [0.5, 0.6) is 0 Å². The van der Waals surface area contributed by atoms with Crippen molar-refractivity contribution in [1.82, 2.24) is 19.0 Å². The van der Waals surface area contributed by atoms with E-state index < -0.39 is 11.7 Å². The molecule has 35 heavy (non-hydrogen) atoms. The van der Waals surface area contributed by atoms with Crippen molar-refractivity contribution in [2.45, 2.75) is 39.3 Å². The lowest BCUT2D eigenvalue weighted by molar-refractivity contribution is 0.0766. The minimum Gasteiger partial charge on any atom is -0.391 e. The molecule has 4 heterocycles. The molecule has 8 nitrogen and oxygen atoms in total. The van der Waals surface area contributed by atoms with E-state index in [0.29, 0.717) is 36.3 Å². The summed E-state index contributed by atoms with van der Waals surface area (Å²) in [6, 6.07) is 9.75. The maximum Gasteiger partial charge on any atom is 0.331 e. The zero-order chi connectivity index (χ0) is 24.9. The number of thiophene rings is 1. The van der Waals surface area contributed by atoms with Crippen LogP contribution in [-0.4, -0.2) is 49.2 Å². The number of aromatic nitrogens is 3. The molecule has 1 N–H and O–H groups in total. The quantitative estimate of drug-likeness (QED) is 0.462. The van der Waals surface area contributed by atoms with E-state index in [2.05, 4.69) is 4.98 Å².